The smallest absolute Gasteiger partial charge is 0.271 e. The quantitative estimate of drug-likeness (QED) is 0.290. The number of piperazine rings is 1. The summed E-state index contributed by atoms with van der Waals surface area (Å²) in [7, 11) is 0. The lowest BCUT2D eigenvalue weighted by Crippen LogP contribution is -2.50. The van der Waals surface area contributed by atoms with Gasteiger partial charge in [0.1, 0.15) is 11.5 Å². The van der Waals surface area contributed by atoms with E-state index in [0.717, 1.165) is 66.8 Å². The van der Waals surface area contributed by atoms with Crippen LogP contribution in [-0.2, 0) is 6.42 Å². The van der Waals surface area contributed by atoms with Gasteiger partial charge in [0.2, 0.25) is 0 Å². The van der Waals surface area contributed by atoms with Crippen LogP contribution in [-0.4, -0.2) is 70.8 Å². The number of β-amino-alcohol motifs (C(OH)–C–C–N with tert-alkyl or cyclic N) is 1. The summed E-state index contributed by atoms with van der Waals surface area (Å²) in [4.78, 5) is 21.9. The Morgan fingerprint density at radius 1 is 1.02 bits per heavy atom. The molecule has 1 amide bonds. The maximum Gasteiger partial charge on any atom is 0.271 e. The van der Waals surface area contributed by atoms with Crippen LogP contribution in [0.5, 0.6) is 0 Å². The molecule has 1 aromatic heterocycles. The van der Waals surface area contributed by atoms with E-state index in [4.69, 9.17) is 23.2 Å². The zero-order chi connectivity index (χ0) is 25.7. The van der Waals surface area contributed by atoms with E-state index in [1.165, 1.54) is 0 Å². The maximum absolute atomic E-state index is 12.8. The normalized spacial score (nSPS) is 13.7. The van der Waals surface area contributed by atoms with E-state index in [9.17, 15) is 9.90 Å². The van der Waals surface area contributed by atoms with Crippen molar-refractivity contribution < 1.29 is 9.90 Å². The van der Waals surface area contributed by atoms with Crippen molar-refractivity contribution in [1.29, 1.82) is 0 Å². The Bertz CT molecular complexity index is 1190. The predicted molar refractivity (Wildman–Crippen MR) is 175 cm³/mol. The fraction of sp³-hybridized carbons (Fsp3) is 0.407. The number of amides is 1. The van der Waals surface area contributed by atoms with Gasteiger partial charge in [-0.1, -0.05) is 36.2 Å². The molecule has 0 spiro atoms. The summed E-state index contributed by atoms with van der Waals surface area (Å²) in [5.74, 6) is 0.527. The first kappa shape index (κ1) is 38.6. The Morgan fingerprint density at radius 2 is 1.68 bits per heavy atom. The summed E-state index contributed by atoms with van der Waals surface area (Å²) in [6.07, 6.45) is 2.74. The Balaban J connectivity index is 0.00000380. The largest absolute Gasteiger partial charge is 0.390 e. The summed E-state index contributed by atoms with van der Waals surface area (Å²) in [5, 5.41) is 14.9. The highest BCUT2D eigenvalue weighted by molar-refractivity contribution is 6.31. The van der Waals surface area contributed by atoms with Crippen LogP contribution >= 0.6 is 72.8 Å². The number of aliphatic hydroxyl groups is 1. The van der Waals surface area contributed by atoms with Crippen LogP contribution in [0.15, 0.2) is 48.7 Å². The summed E-state index contributed by atoms with van der Waals surface area (Å²) in [5.41, 5.74) is 3.50. The number of imidazole rings is 1. The first-order valence-corrected chi connectivity index (χ1v) is 13.1. The minimum Gasteiger partial charge on any atom is -0.390 e. The van der Waals surface area contributed by atoms with Crippen molar-refractivity contribution in [2.24, 2.45) is 0 Å². The second-order valence-electron chi connectivity index (χ2n) is 9.17. The average molecular weight is 676 g/mol. The van der Waals surface area contributed by atoms with Gasteiger partial charge in [0.05, 0.1) is 6.10 Å². The molecule has 2 N–H and O–H groups in total. The number of anilines is 1. The Morgan fingerprint density at radius 3 is 2.30 bits per heavy atom. The van der Waals surface area contributed by atoms with Gasteiger partial charge in [0.25, 0.3) is 5.91 Å². The Hall–Kier alpha value is -1.42. The summed E-state index contributed by atoms with van der Waals surface area (Å²) in [6.45, 7) is 8.19. The Labute approximate surface area is 271 Å². The highest BCUT2D eigenvalue weighted by atomic mass is 35.5. The van der Waals surface area contributed by atoms with Crippen LogP contribution in [0.3, 0.4) is 0 Å². The molecule has 7 nitrogen and oxygen atoms in total. The lowest BCUT2D eigenvalue weighted by atomic mass is 10.1. The minimum atomic E-state index is -0.665. The molecule has 1 aliphatic rings. The number of halogens is 6. The van der Waals surface area contributed by atoms with Crippen LogP contribution in [0.2, 0.25) is 10.0 Å². The molecule has 4 rings (SSSR count). The molecule has 2 aromatic carbocycles. The number of benzene rings is 2. The molecule has 1 unspecified atom stereocenters. The lowest BCUT2D eigenvalue weighted by molar-refractivity contribution is 0.0848. The fourth-order valence-electron chi connectivity index (χ4n) is 4.53. The molecule has 1 fully saturated rings. The number of nitrogens with zero attached hydrogens (tertiary/aromatic N) is 4. The molecule has 0 aliphatic carbocycles. The van der Waals surface area contributed by atoms with E-state index in [2.05, 4.69) is 33.1 Å². The zero-order valence-corrected chi connectivity index (χ0v) is 27.2. The second-order valence-corrected chi connectivity index (χ2v) is 10.0. The SMILES string of the molecule is CCCc1nc(C(=O)NCC(O)CN2CCN(c3cccc(Cl)c3C)CC2)cn1-c1ccc(Cl)cc1.Cl.Cl.Cl.Cl. The van der Waals surface area contributed by atoms with Gasteiger partial charge in [-0.15, -0.1) is 49.6 Å². The first-order valence-electron chi connectivity index (χ1n) is 12.4. The van der Waals surface area contributed by atoms with Crippen molar-refractivity contribution >= 4 is 84.4 Å². The summed E-state index contributed by atoms with van der Waals surface area (Å²) >= 11 is 12.3. The highest BCUT2D eigenvalue weighted by Gasteiger charge is 2.22. The Kier molecular flexibility index (Phi) is 17.5. The van der Waals surface area contributed by atoms with Gasteiger partial charge in [-0.3, -0.25) is 9.69 Å². The van der Waals surface area contributed by atoms with Gasteiger partial charge < -0.3 is 19.9 Å². The molecule has 1 atom stereocenters. The van der Waals surface area contributed by atoms with E-state index in [-0.39, 0.29) is 62.1 Å². The van der Waals surface area contributed by atoms with Gasteiger partial charge >= 0.3 is 0 Å². The summed E-state index contributed by atoms with van der Waals surface area (Å²) < 4.78 is 1.92. The van der Waals surface area contributed by atoms with Crippen molar-refractivity contribution in [3.8, 4) is 5.69 Å². The molecular formula is C27H37Cl6N5O2. The van der Waals surface area contributed by atoms with Crippen LogP contribution in [0.4, 0.5) is 5.69 Å². The van der Waals surface area contributed by atoms with E-state index < -0.39 is 6.10 Å². The standard InChI is InChI=1S/C27H33Cl2N5O2.4ClH/c1-3-5-26-31-24(18-34(26)21-10-8-20(28)9-11-21)27(36)30-16-22(35)17-32-12-14-33(15-13-32)25-7-4-6-23(29)19(25)2;;;;/h4,6-11,18,22,35H,3,5,12-17H2,1-2H3,(H,30,36);4*1H. The van der Waals surface area contributed by atoms with Gasteiger partial charge in [0.15, 0.2) is 0 Å². The van der Waals surface area contributed by atoms with Crippen molar-refractivity contribution in [2.75, 3.05) is 44.2 Å². The number of carbonyl (C=O) groups excluding carboxylic acids is 1. The minimum absolute atomic E-state index is 0. The molecule has 0 bridgehead atoms. The molecule has 13 heteroatoms. The molecule has 224 valence electrons. The number of aromatic nitrogens is 2. The molecule has 1 saturated heterocycles. The predicted octanol–water partition coefficient (Wildman–Crippen LogP) is 6.04. The number of hydrogen-bond acceptors (Lipinski definition) is 5. The molecular weight excluding hydrogens is 639 g/mol. The van der Waals surface area contributed by atoms with Crippen molar-refractivity contribution in [2.45, 2.75) is 32.8 Å². The first-order chi connectivity index (χ1) is 17.4. The number of aryl methyl sites for hydroxylation is 1. The maximum atomic E-state index is 12.8. The van der Waals surface area contributed by atoms with Crippen molar-refractivity contribution in [3.63, 3.8) is 0 Å². The third kappa shape index (κ3) is 9.85. The molecule has 3 aromatic rings. The van der Waals surface area contributed by atoms with Crippen LogP contribution in [0.25, 0.3) is 5.69 Å². The monoisotopic (exact) mass is 673 g/mol. The van der Waals surface area contributed by atoms with E-state index in [1.54, 1.807) is 6.20 Å². The zero-order valence-electron chi connectivity index (χ0n) is 22.4. The number of aliphatic hydroxyl groups excluding tert-OH is 1. The fourth-order valence-corrected chi connectivity index (χ4v) is 4.82. The molecule has 2 heterocycles. The van der Waals surface area contributed by atoms with Crippen LogP contribution < -0.4 is 10.2 Å². The lowest BCUT2D eigenvalue weighted by Gasteiger charge is -2.37. The van der Waals surface area contributed by atoms with E-state index >= 15 is 0 Å². The third-order valence-electron chi connectivity index (χ3n) is 6.51. The topological polar surface area (TPSA) is 73.6 Å². The number of carbonyl (C=O) groups is 1. The summed E-state index contributed by atoms with van der Waals surface area (Å²) in [6, 6.07) is 13.4. The molecule has 0 saturated carbocycles. The molecule has 40 heavy (non-hydrogen) atoms. The van der Waals surface area contributed by atoms with Crippen LogP contribution in [0, 0.1) is 6.92 Å². The van der Waals surface area contributed by atoms with Crippen LogP contribution in [0.1, 0.15) is 35.2 Å². The average Bonchev–Trinajstić information content (AvgIpc) is 3.29. The number of rotatable bonds is 9. The van der Waals surface area contributed by atoms with Crippen molar-refractivity contribution in [1.82, 2.24) is 19.8 Å². The van der Waals surface area contributed by atoms with Gasteiger partial charge in [0, 0.05) is 73.3 Å². The van der Waals surface area contributed by atoms with Crippen molar-refractivity contribution in [3.05, 3.63) is 75.8 Å². The molecule has 0 radical (unpaired) electrons. The third-order valence-corrected chi connectivity index (χ3v) is 7.17. The van der Waals surface area contributed by atoms with E-state index in [0.29, 0.717) is 17.3 Å². The molecule has 1 aliphatic heterocycles. The number of nitrogens with one attached hydrogen (secondary N) is 1. The second kappa shape index (κ2) is 18.2. The van der Waals surface area contributed by atoms with Gasteiger partial charge in [-0.25, -0.2) is 4.98 Å². The highest BCUT2D eigenvalue weighted by Crippen LogP contribution is 2.27. The van der Waals surface area contributed by atoms with Gasteiger partial charge in [-0.2, -0.15) is 0 Å². The van der Waals surface area contributed by atoms with E-state index in [1.807, 2.05) is 47.9 Å². The number of hydrogen-bond donors (Lipinski definition) is 2. The van der Waals surface area contributed by atoms with Gasteiger partial charge in [-0.05, 0) is 55.3 Å².